The van der Waals surface area contributed by atoms with Crippen LogP contribution < -0.4 is 15.3 Å². The molecule has 0 aromatic heterocycles. The van der Waals surface area contributed by atoms with Gasteiger partial charge in [0.05, 0.1) is 21.3 Å². The molecule has 0 aliphatic rings. The van der Waals surface area contributed by atoms with Gasteiger partial charge >= 0.3 is 5.97 Å². The normalized spacial score (nSPS) is 10.9. The van der Waals surface area contributed by atoms with E-state index in [0.29, 0.717) is 11.5 Å². The van der Waals surface area contributed by atoms with E-state index in [1.54, 1.807) is 32.4 Å². The van der Waals surface area contributed by atoms with E-state index >= 15 is 0 Å². The fourth-order valence-electron chi connectivity index (χ4n) is 1.47. The van der Waals surface area contributed by atoms with Crippen molar-refractivity contribution in [1.29, 1.82) is 0 Å². The summed E-state index contributed by atoms with van der Waals surface area (Å²) in [5, 5.41) is 3.42. The van der Waals surface area contributed by atoms with Crippen molar-refractivity contribution >= 4 is 11.7 Å². The average Bonchev–Trinajstić information content (AvgIpc) is 2.43. The Morgan fingerprint density at radius 1 is 1.22 bits per heavy atom. The number of ether oxygens (including phenoxy) is 3. The molecule has 0 fully saturated rings. The van der Waals surface area contributed by atoms with Crippen LogP contribution in [-0.4, -0.2) is 33.0 Å². The Balaban J connectivity index is 2.94. The largest absolute Gasteiger partial charge is 0.493 e. The van der Waals surface area contributed by atoms with Gasteiger partial charge in [0.2, 0.25) is 0 Å². The molecule has 0 saturated heterocycles. The van der Waals surface area contributed by atoms with Gasteiger partial charge in [-0.3, -0.25) is 0 Å². The molecule has 0 atom stereocenters. The molecule has 1 aromatic rings. The lowest BCUT2D eigenvalue weighted by atomic mass is 10.1. The van der Waals surface area contributed by atoms with E-state index in [1.807, 2.05) is 0 Å². The maximum atomic E-state index is 11.3. The Morgan fingerprint density at radius 2 is 1.89 bits per heavy atom. The summed E-state index contributed by atoms with van der Waals surface area (Å²) in [6.45, 7) is 0. The Hall–Kier alpha value is -2.24. The van der Waals surface area contributed by atoms with Gasteiger partial charge < -0.3 is 20.1 Å². The molecule has 1 aromatic carbocycles. The molecule has 0 aliphatic heterocycles. The molecule has 2 N–H and O–H groups in total. The summed E-state index contributed by atoms with van der Waals surface area (Å²) in [5.41, 5.74) is 0.965. The molecule has 0 unspecified atom stereocenters. The number of hydrazone groups is 1. The molecular weight excluding hydrogens is 236 g/mol. The van der Waals surface area contributed by atoms with Crippen molar-refractivity contribution in [3.63, 3.8) is 0 Å². The molecule has 6 heteroatoms. The van der Waals surface area contributed by atoms with Crippen molar-refractivity contribution in [3.05, 3.63) is 23.8 Å². The lowest BCUT2D eigenvalue weighted by molar-refractivity contribution is -0.132. The van der Waals surface area contributed by atoms with Crippen molar-refractivity contribution in [2.75, 3.05) is 21.3 Å². The summed E-state index contributed by atoms with van der Waals surface area (Å²) in [4.78, 5) is 11.3. The minimum Gasteiger partial charge on any atom is -0.493 e. The zero-order valence-corrected chi connectivity index (χ0v) is 10.6. The molecule has 0 spiro atoms. The summed E-state index contributed by atoms with van der Waals surface area (Å²) in [5.74, 6) is 5.80. The summed E-state index contributed by atoms with van der Waals surface area (Å²) >= 11 is 0. The van der Waals surface area contributed by atoms with E-state index in [2.05, 4.69) is 9.84 Å². The highest BCUT2D eigenvalue weighted by Gasteiger charge is 2.14. The molecular formula is C12H16N2O4. The fourth-order valence-corrected chi connectivity index (χ4v) is 1.47. The van der Waals surface area contributed by atoms with Crippen LogP contribution in [0.3, 0.4) is 0 Å². The van der Waals surface area contributed by atoms with Gasteiger partial charge in [-0.2, -0.15) is 5.10 Å². The number of esters is 1. The predicted octanol–water partition coefficient (Wildman–Crippen LogP) is 0.734. The first-order valence-corrected chi connectivity index (χ1v) is 5.22. The number of methoxy groups -OCH3 is 3. The first kappa shape index (κ1) is 13.8. The molecule has 6 nitrogen and oxygen atoms in total. The third-order valence-corrected chi connectivity index (χ3v) is 2.40. The minimum atomic E-state index is -0.549. The number of nitrogens with two attached hydrogens (primary N) is 1. The maximum Gasteiger partial charge on any atom is 0.354 e. The lowest BCUT2D eigenvalue weighted by Gasteiger charge is -2.09. The summed E-state index contributed by atoms with van der Waals surface area (Å²) in [6, 6.07) is 5.31. The standard InChI is InChI=1S/C12H16N2O4/c1-16-10-5-4-8(7-11(10)17-2)6-9(14-13)12(15)18-3/h4-5,7H,6,13H2,1-3H3/b14-9-. The zero-order valence-electron chi connectivity index (χ0n) is 10.6. The van der Waals surface area contributed by atoms with E-state index < -0.39 is 5.97 Å². The number of rotatable bonds is 5. The van der Waals surface area contributed by atoms with Gasteiger partial charge in [0.25, 0.3) is 0 Å². The Labute approximate surface area is 105 Å². The number of benzene rings is 1. The molecule has 98 valence electrons. The van der Waals surface area contributed by atoms with Gasteiger partial charge in [0.15, 0.2) is 11.5 Å². The van der Waals surface area contributed by atoms with Crippen LogP contribution >= 0.6 is 0 Å². The van der Waals surface area contributed by atoms with E-state index in [4.69, 9.17) is 15.3 Å². The Kier molecular flexibility index (Phi) is 4.98. The first-order chi connectivity index (χ1) is 8.65. The quantitative estimate of drug-likeness (QED) is 0.361. The molecule has 0 radical (unpaired) electrons. The molecule has 0 heterocycles. The van der Waals surface area contributed by atoms with Gasteiger partial charge in [-0.25, -0.2) is 4.79 Å². The monoisotopic (exact) mass is 252 g/mol. The minimum absolute atomic E-state index is 0.143. The van der Waals surface area contributed by atoms with Crippen LogP contribution in [0.25, 0.3) is 0 Å². The fraction of sp³-hybridized carbons (Fsp3) is 0.333. The van der Waals surface area contributed by atoms with Gasteiger partial charge in [-0.1, -0.05) is 6.07 Å². The topological polar surface area (TPSA) is 83.1 Å². The number of carbonyl (C=O) groups excluding carboxylic acids is 1. The third kappa shape index (κ3) is 3.13. The van der Waals surface area contributed by atoms with Crippen LogP contribution in [0, 0.1) is 0 Å². The lowest BCUT2D eigenvalue weighted by Crippen LogP contribution is -2.20. The smallest absolute Gasteiger partial charge is 0.354 e. The number of hydrogen-bond acceptors (Lipinski definition) is 6. The summed E-state index contributed by atoms with van der Waals surface area (Å²) in [6.07, 6.45) is 0.267. The van der Waals surface area contributed by atoms with Crippen molar-refractivity contribution in [1.82, 2.24) is 0 Å². The highest BCUT2D eigenvalue weighted by molar-refractivity contribution is 6.36. The average molecular weight is 252 g/mol. The van der Waals surface area contributed by atoms with E-state index in [1.165, 1.54) is 7.11 Å². The van der Waals surface area contributed by atoms with Gasteiger partial charge in [0.1, 0.15) is 5.71 Å². The number of nitrogens with zero attached hydrogens (tertiary/aromatic N) is 1. The maximum absolute atomic E-state index is 11.3. The van der Waals surface area contributed by atoms with Gasteiger partial charge in [0, 0.05) is 6.42 Å². The van der Waals surface area contributed by atoms with Gasteiger partial charge in [-0.05, 0) is 17.7 Å². The van der Waals surface area contributed by atoms with Gasteiger partial charge in [-0.15, -0.1) is 0 Å². The number of hydrogen-bond donors (Lipinski definition) is 1. The van der Waals surface area contributed by atoms with Crippen LogP contribution in [0.4, 0.5) is 0 Å². The highest BCUT2D eigenvalue weighted by Crippen LogP contribution is 2.27. The van der Waals surface area contributed by atoms with Crippen molar-refractivity contribution < 1.29 is 19.0 Å². The van der Waals surface area contributed by atoms with Crippen LogP contribution in [0.15, 0.2) is 23.3 Å². The predicted molar refractivity (Wildman–Crippen MR) is 66.9 cm³/mol. The highest BCUT2D eigenvalue weighted by atomic mass is 16.5. The van der Waals surface area contributed by atoms with Crippen molar-refractivity contribution in [3.8, 4) is 11.5 Å². The number of carbonyl (C=O) groups is 1. The van der Waals surface area contributed by atoms with Crippen LogP contribution in [0.1, 0.15) is 5.56 Å². The molecule has 0 amide bonds. The van der Waals surface area contributed by atoms with Crippen molar-refractivity contribution in [2.45, 2.75) is 6.42 Å². The van der Waals surface area contributed by atoms with Crippen LogP contribution in [-0.2, 0) is 16.0 Å². The zero-order chi connectivity index (χ0) is 13.5. The van der Waals surface area contributed by atoms with E-state index in [9.17, 15) is 4.79 Å². The molecule has 18 heavy (non-hydrogen) atoms. The van der Waals surface area contributed by atoms with Crippen molar-refractivity contribution in [2.24, 2.45) is 10.9 Å². The molecule has 0 bridgehead atoms. The first-order valence-electron chi connectivity index (χ1n) is 5.22. The van der Waals surface area contributed by atoms with E-state index in [-0.39, 0.29) is 12.1 Å². The molecule has 1 rings (SSSR count). The molecule has 0 saturated carbocycles. The second-order valence-corrected chi connectivity index (χ2v) is 3.43. The van der Waals surface area contributed by atoms with E-state index in [0.717, 1.165) is 5.56 Å². The SMILES string of the molecule is COC(=O)/C(Cc1ccc(OC)c(OC)c1)=N\N. The second-order valence-electron chi connectivity index (χ2n) is 3.43. The van der Waals surface area contributed by atoms with Crippen LogP contribution in [0.5, 0.6) is 11.5 Å². The summed E-state index contributed by atoms with van der Waals surface area (Å²) < 4.78 is 14.9. The third-order valence-electron chi connectivity index (χ3n) is 2.40. The summed E-state index contributed by atoms with van der Waals surface area (Å²) in [7, 11) is 4.38. The Morgan fingerprint density at radius 3 is 2.39 bits per heavy atom. The second kappa shape index (κ2) is 6.48. The molecule has 0 aliphatic carbocycles. The Bertz CT molecular complexity index is 457. The van der Waals surface area contributed by atoms with Crippen LogP contribution in [0.2, 0.25) is 0 Å².